The smallest absolute Gasteiger partial charge is 0.366 e. The van der Waals surface area contributed by atoms with Gasteiger partial charge in [0.2, 0.25) is 6.29 Å². The number of aliphatic hydroxyl groups is 3. The monoisotopic (exact) mass is 518 g/mol. The Bertz CT molecular complexity index is 1110. The van der Waals surface area contributed by atoms with E-state index < -0.39 is 42.6 Å². The van der Waals surface area contributed by atoms with Crippen molar-refractivity contribution in [1.29, 1.82) is 0 Å². The van der Waals surface area contributed by atoms with E-state index >= 15 is 0 Å². The number of hydrogen-bond acceptors (Lipinski definition) is 9. The fourth-order valence-corrected chi connectivity index (χ4v) is 3.64. The summed E-state index contributed by atoms with van der Waals surface area (Å²) in [6.45, 7) is 9.69. The van der Waals surface area contributed by atoms with Gasteiger partial charge in [0.15, 0.2) is 6.10 Å². The lowest BCUT2D eigenvalue weighted by Gasteiger charge is -2.37. The summed E-state index contributed by atoms with van der Waals surface area (Å²) in [4.78, 5) is 32.3. The van der Waals surface area contributed by atoms with Crippen LogP contribution >= 0.6 is 0 Å². The molecule has 10 nitrogen and oxygen atoms in total. The Kier molecular flexibility index (Phi) is 10.8. The first-order valence-corrected chi connectivity index (χ1v) is 11.5. The first-order chi connectivity index (χ1) is 17.4. The van der Waals surface area contributed by atoms with Gasteiger partial charge in [0.25, 0.3) is 0 Å². The van der Waals surface area contributed by atoms with Gasteiger partial charge in [0, 0.05) is 6.08 Å². The molecule has 0 bridgehead atoms. The summed E-state index contributed by atoms with van der Waals surface area (Å²) in [7, 11) is 1.66. The Morgan fingerprint density at radius 3 is 2.27 bits per heavy atom. The number of carboxylic acids is 1. The lowest BCUT2D eigenvalue weighted by Crippen LogP contribution is -2.60. The van der Waals surface area contributed by atoms with Crippen LogP contribution in [-0.2, 0) is 24.1 Å². The first kappa shape index (κ1) is 29.9. The van der Waals surface area contributed by atoms with E-state index in [4.69, 9.17) is 14.6 Å². The van der Waals surface area contributed by atoms with Crippen LogP contribution in [0.1, 0.15) is 36.1 Å². The van der Waals surface area contributed by atoms with Crippen LogP contribution in [0.15, 0.2) is 47.6 Å². The zero-order valence-electron chi connectivity index (χ0n) is 21.7. The molecular formula is C27H34O10. The number of carbonyl (C=O) groups is 2. The van der Waals surface area contributed by atoms with Crippen molar-refractivity contribution in [2.24, 2.45) is 0 Å². The molecule has 1 aliphatic rings. The third kappa shape index (κ3) is 7.85. The van der Waals surface area contributed by atoms with Crippen molar-refractivity contribution in [3.05, 3.63) is 69.8 Å². The fraction of sp³-hybridized carbons (Fsp3) is 0.407. The highest BCUT2D eigenvalue weighted by Gasteiger charge is 2.48. The number of carboxylic acid groups (broad SMARTS) is 1. The minimum atomic E-state index is -1.88. The Labute approximate surface area is 215 Å². The Balaban J connectivity index is 1.96. The van der Waals surface area contributed by atoms with Gasteiger partial charge in [-0.25, -0.2) is 9.59 Å². The van der Waals surface area contributed by atoms with Gasteiger partial charge < -0.3 is 29.9 Å². The van der Waals surface area contributed by atoms with E-state index in [9.17, 15) is 24.9 Å². The summed E-state index contributed by atoms with van der Waals surface area (Å²) in [5, 5.41) is 38.3. The van der Waals surface area contributed by atoms with Gasteiger partial charge in [-0.1, -0.05) is 36.0 Å². The van der Waals surface area contributed by atoms with Crippen molar-refractivity contribution < 1.29 is 49.3 Å². The summed E-state index contributed by atoms with van der Waals surface area (Å²) in [6, 6.07) is 2.01. The van der Waals surface area contributed by atoms with Crippen LogP contribution in [0.3, 0.4) is 0 Å². The third-order valence-electron chi connectivity index (χ3n) is 5.94. The van der Waals surface area contributed by atoms with Crippen LogP contribution in [-0.4, -0.2) is 70.2 Å². The molecule has 2 rings (SSSR count). The minimum Gasteiger partial charge on any atom is -0.496 e. The number of rotatable bonds is 9. The second-order valence-corrected chi connectivity index (χ2v) is 8.78. The lowest BCUT2D eigenvalue weighted by atomic mass is 9.96. The van der Waals surface area contributed by atoms with E-state index in [-0.39, 0.29) is 0 Å². The molecule has 4 N–H and O–H groups in total. The Morgan fingerprint density at radius 2 is 1.65 bits per heavy atom. The molecule has 37 heavy (non-hydrogen) atoms. The molecule has 202 valence electrons. The van der Waals surface area contributed by atoms with Gasteiger partial charge in [0.05, 0.1) is 7.11 Å². The number of aryl methyl sites for hydroxylation is 1. The molecule has 10 heteroatoms. The SMILES string of the molecule is COc1cc(C)c(/C=C/C(C)=C/C=C/C(C)=C\C(=O)OOC2O[C@H](C(=O)O)[C@@H](O)[C@H](O)[C@H]2O)c(C)c1C. The van der Waals surface area contributed by atoms with Crippen molar-refractivity contribution in [3.8, 4) is 5.75 Å². The summed E-state index contributed by atoms with van der Waals surface area (Å²) in [6.07, 6.45) is 1.16. The number of aliphatic hydroxyl groups excluding tert-OH is 3. The molecular weight excluding hydrogens is 484 g/mol. The van der Waals surface area contributed by atoms with Crippen molar-refractivity contribution in [3.63, 3.8) is 0 Å². The summed E-state index contributed by atoms with van der Waals surface area (Å²) in [5.41, 5.74) is 5.95. The molecule has 1 unspecified atom stereocenters. The van der Waals surface area contributed by atoms with Gasteiger partial charge in [0.1, 0.15) is 24.1 Å². The maximum atomic E-state index is 12.0. The Hall–Kier alpha value is -3.28. The van der Waals surface area contributed by atoms with E-state index in [1.165, 1.54) is 0 Å². The zero-order valence-corrected chi connectivity index (χ0v) is 21.7. The van der Waals surface area contributed by atoms with E-state index in [1.807, 2.05) is 45.1 Å². The normalized spacial score (nSPS) is 25.1. The van der Waals surface area contributed by atoms with Gasteiger partial charge in [-0.2, -0.15) is 0 Å². The van der Waals surface area contributed by atoms with Crippen LogP contribution in [0.4, 0.5) is 0 Å². The van der Waals surface area contributed by atoms with Crippen LogP contribution < -0.4 is 4.74 Å². The number of hydrogen-bond donors (Lipinski definition) is 4. The highest BCUT2D eigenvalue weighted by atomic mass is 17.2. The molecule has 0 amide bonds. The maximum absolute atomic E-state index is 12.0. The van der Waals surface area contributed by atoms with E-state index in [0.717, 1.165) is 39.7 Å². The molecule has 1 aromatic carbocycles. The van der Waals surface area contributed by atoms with Crippen molar-refractivity contribution >= 4 is 18.0 Å². The number of benzene rings is 1. The molecule has 0 spiro atoms. The van der Waals surface area contributed by atoms with Crippen LogP contribution in [0.5, 0.6) is 5.75 Å². The molecule has 0 aromatic heterocycles. The summed E-state index contributed by atoms with van der Waals surface area (Å²) in [5.74, 6) is -1.68. The molecule has 5 atom stereocenters. The van der Waals surface area contributed by atoms with Gasteiger partial charge >= 0.3 is 11.9 Å². The zero-order chi connectivity index (χ0) is 27.9. The number of methoxy groups -OCH3 is 1. The molecule has 0 aliphatic carbocycles. The minimum absolute atomic E-state index is 0.517. The molecule has 1 heterocycles. The quantitative estimate of drug-likeness (QED) is 0.166. The Morgan fingerprint density at radius 1 is 0.973 bits per heavy atom. The largest absolute Gasteiger partial charge is 0.496 e. The average Bonchev–Trinajstić information content (AvgIpc) is 2.83. The molecule has 1 saturated heterocycles. The predicted octanol–water partition coefficient (Wildman–Crippen LogP) is 2.45. The number of allylic oxidation sites excluding steroid dienone is 6. The highest BCUT2D eigenvalue weighted by Crippen LogP contribution is 2.28. The highest BCUT2D eigenvalue weighted by molar-refractivity contribution is 5.82. The predicted molar refractivity (Wildman–Crippen MR) is 134 cm³/mol. The van der Waals surface area contributed by atoms with Crippen molar-refractivity contribution in [2.75, 3.05) is 7.11 Å². The number of aliphatic carboxylic acids is 1. The van der Waals surface area contributed by atoms with Gasteiger partial charge in [-0.05, 0) is 68.5 Å². The fourth-order valence-electron chi connectivity index (χ4n) is 3.64. The van der Waals surface area contributed by atoms with E-state index in [1.54, 1.807) is 26.2 Å². The summed E-state index contributed by atoms with van der Waals surface area (Å²) < 4.78 is 10.3. The van der Waals surface area contributed by atoms with Crippen LogP contribution in [0, 0.1) is 20.8 Å². The second kappa shape index (κ2) is 13.3. The maximum Gasteiger partial charge on any atom is 0.366 e. The topological polar surface area (TPSA) is 152 Å². The van der Waals surface area contributed by atoms with E-state index in [0.29, 0.717) is 5.57 Å². The number of ether oxygens (including phenoxy) is 2. The number of carbonyl (C=O) groups excluding carboxylic acids is 1. The van der Waals surface area contributed by atoms with Gasteiger partial charge in [-0.3, -0.25) is 4.89 Å². The average molecular weight is 519 g/mol. The molecule has 0 radical (unpaired) electrons. The van der Waals surface area contributed by atoms with Crippen LogP contribution in [0.25, 0.3) is 6.08 Å². The standard InChI is InChI=1S/C27H34O10/c1-14(10-11-19-16(3)13-20(34-6)18(5)17(19)4)8-7-9-15(2)12-21(28)36-37-27-24(31)22(29)23(30)25(35-27)26(32)33/h7-13,22-25,27,29-31H,1-6H3,(H,32,33)/b9-7+,11-10+,14-8+,15-12-/t22-,23-,24+,25-,27?/m0/s1. The second-order valence-electron chi connectivity index (χ2n) is 8.78. The molecule has 0 saturated carbocycles. The van der Waals surface area contributed by atoms with Crippen molar-refractivity contribution in [1.82, 2.24) is 0 Å². The van der Waals surface area contributed by atoms with Crippen molar-refractivity contribution in [2.45, 2.75) is 65.3 Å². The lowest BCUT2D eigenvalue weighted by molar-refractivity contribution is -0.399. The van der Waals surface area contributed by atoms with Gasteiger partial charge in [-0.15, -0.1) is 4.89 Å². The third-order valence-corrected chi connectivity index (χ3v) is 5.94. The first-order valence-electron chi connectivity index (χ1n) is 11.5. The summed E-state index contributed by atoms with van der Waals surface area (Å²) >= 11 is 0. The molecule has 1 aromatic rings. The molecule has 1 aliphatic heterocycles. The van der Waals surface area contributed by atoms with E-state index in [2.05, 4.69) is 16.7 Å². The molecule has 1 fully saturated rings. The van der Waals surface area contributed by atoms with Crippen LogP contribution in [0.2, 0.25) is 0 Å².